The number of carbonyl (C=O) groups excluding carboxylic acids is 1. The van der Waals surface area contributed by atoms with Gasteiger partial charge in [0, 0.05) is 12.6 Å². The summed E-state index contributed by atoms with van der Waals surface area (Å²) in [6.45, 7) is 5.98. The number of hydrogen-bond donors (Lipinski definition) is 2. The van der Waals surface area contributed by atoms with E-state index in [1.165, 1.54) is 13.0 Å². The third kappa shape index (κ3) is 3.33. The Hall–Kier alpha value is -1.49. The Labute approximate surface area is 117 Å². The van der Waals surface area contributed by atoms with Gasteiger partial charge in [-0.1, -0.05) is 6.92 Å². The molecule has 5 heteroatoms. The van der Waals surface area contributed by atoms with E-state index in [4.69, 9.17) is 0 Å². The zero-order valence-electron chi connectivity index (χ0n) is 11.9. The highest BCUT2D eigenvalue weighted by Gasteiger charge is 2.27. The average molecular weight is 282 g/mol. The van der Waals surface area contributed by atoms with Gasteiger partial charge in [0.05, 0.1) is 5.56 Å². The molecular weight excluding hydrogens is 262 g/mol. The van der Waals surface area contributed by atoms with Gasteiger partial charge in [0.25, 0.3) is 5.91 Å². The summed E-state index contributed by atoms with van der Waals surface area (Å²) in [5.41, 5.74) is 0.206. The maximum absolute atomic E-state index is 13.6. The number of halogens is 2. The molecule has 0 spiro atoms. The molecule has 0 aromatic heterocycles. The molecule has 0 atom stereocenters. The van der Waals surface area contributed by atoms with Crippen molar-refractivity contribution in [3.63, 3.8) is 0 Å². The lowest BCUT2D eigenvalue weighted by Crippen LogP contribution is -2.43. The van der Waals surface area contributed by atoms with Crippen LogP contribution in [0.4, 0.5) is 8.78 Å². The molecule has 1 heterocycles. The second kappa shape index (κ2) is 5.87. The Balaban J connectivity index is 2.03. The Morgan fingerprint density at radius 3 is 2.60 bits per heavy atom. The number of rotatable bonds is 3. The summed E-state index contributed by atoms with van der Waals surface area (Å²) in [6, 6.07) is 2.02. The van der Waals surface area contributed by atoms with Crippen LogP contribution in [0.15, 0.2) is 12.1 Å². The van der Waals surface area contributed by atoms with Crippen molar-refractivity contribution >= 4 is 5.91 Å². The van der Waals surface area contributed by atoms with E-state index < -0.39 is 17.5 Å². The molecule has 20 heavy (non-hydrogen) atoms. The monoisotopic (exact) mass is 282 g/mol. The minimum absolute atomic E-state index is 0.0342. The van der Waals surface area contributed by atoms with E-state index in [9.17, 15) is 13.6 Å². The lowest BCUT2D eigenvalue weighted by atomic mass is 9.81. The molecule has 2 N–H and O–H groups in total. The van der Waals surface area contributed by atoms with Gasteiger partial charge in [0.2, 0.25) is 0 Å². The van der Waals surface area contributed by atoms with Crippen LogP contribution in [0.25, 0.3) is 0 Å². The first-order valence-corrected chi connectivity index (χ1v) is 6.86. The zero-order valence-corrected chi connectivity index (χ0v) is 11.9. The van der Waals surface area contributed by atoms with Gasteiger partial charge in [-0.3, -0.25) is 4.79 Å². The van der Waals surface area contributed by atoms with Gasteiger partial charge in [-0.2, -0.15) is 0 Å². The molecule has 0 unspecified atom stereocenters. The highest BCUT2D eigenvalue weighted by Crippen LogP contribution is 2.26. The predicted molar refractivity (Wildman–Crippen MR) is 73.6 cm³/mol. The molecule has 1 aliphatic rings. The third-order valence-electron chi connectivity index (χ3n) is 3.98. The molecule has 1 aliphatic heterocycles. The van der Waals surface area contributed by atoms with Crippen molar-refractivity contribution in [2.24, 2.45) is 5.41 Å². The number of hydrogen-bond acceptors (Lipinski definition) is 2. The highest BCUT2D eigenvalue weighted by atomic mass is 19.1. The number of aryl methyl sites for hydroxylation is 1. The van der Waals surface area contributed by atoms with Crippen molar-refractivity contribution < 1.29 is 13.6 Å². The molecule has 1 aromatic carbocycles. The van der Waals surface area contributed by atoms with Crippen LogP contribution in [0, 0.1) is 24.0 Å². The second-order valence-corrected chi connectivity index (χ2v) is 5.82. The van der Waals surface area contributed by atoms with Gasteiger partial charge in [0.15, 0.2) is 0 Å². The number of amides is 1. The largest absolute Gasteiger partial charge is 0.351 e. The van der Waals surface area contributed by atoms with Crippen LogP contribution >= 0.6 is 0 Å². The fourth-order valence-electron chi connectivity index (χ4n) is 2.43. The molecule has 0 radical (unpaired) electrons. The Morgan fingerprint density at radius 1 is 1.30 bits per heavy atom. The molecule has 1 aromatic rings. The summed E-state index contributed by atoms with van der Waals surface area (Å²) in [6.07, 6.45) is 1.94. The van der Waals surface area contributed by atoms with Crippen LogP contribution in [0.2, 0.25) is 0 Å². The van der Waals surface area contributed by atoms with Gasteiger partial charge in [-0.15, -0.1) is 0 Å². The number of carbonyl (C=O) groups is 1. The quantitative estimate of drug-likeness (QED) is 0.894. The van der Waals surface area contributed by atoms with E-state index in [1.54, 1.807) is 0 Å². The summed E-state index contributed by atoms with van der Waals surface area (Å²) >= 11 is 0. The van der Waals surface area contributed by atoms with Gasteiger partial charge in [-0.25, -0.2) is 8.78 Å². The number of nitrogens with one attached hydrogen (secondary N) is 2. The first-order valence-electron chi connectivity index (χ1n) is 6.86. The van der Waals surface area contributed by atoms with Crippen LogP contribution < -0.4 is 10.6 Å². The summed E-state index contributed by atoms with van der Waals surface area (Å²) in [7, 11) is 0. The minimum atomic E-state index is -0.818. The topological polar surface area (TPSA) is 41.1 Å². The van der Waals surface area contributed by atoms with Crippen LogP contribution in [0.3, 0.4) is 0 Å². The molecule has 110 valence electrons. The molecule has 1 fully saturated rings. The summed E-state index contributed by atoms with van der Waals surface area (Å²) in [5, 5.41) is 6.04. The first kappa shape index (κ1) is 14.9. The maximum atomic E-state index is 13.6. The molecule has 0 aliphatic carbocycles. The summed E-state index contributed by atoms with van der Waals surface area (Å²) in [4.78, 5) is 12.0. The molecule has 0 bridgehead atoms. The highest BCUT2D eigenvalue weighted by molar-refractivity contribution is 5.94. The smallest absolute Gasteiger partial charge is 0.254 e. The number of benzene rings is 1. The van der Waals surface area contributed by atoms with Crippen molar-refractivity contribution in [2.45, 2.75) is 26.7 Å². The molecular formula is C15H20F2N2O. The summed E-state index contributed by atoms with van der Waals surface area (Å²) in [5.74, 6) is -1.93. The average Bonchev–Trinajstić information content (AvgIpc) is 2.41. The normalized spacial score (nSPS) is 17.8. The molecule has 0 saturated carbocycles. The van der Waals surface area contributed by atoms with E-state index in [0.717, 1.165) is 32.0 Å². The van der Waals surface area contributed by atoms with E-state index in [-0.39, 0.29) is 16.5 Å². The van der Waals surface area contributed by atoms with E-state index >= 15 is 0 Å². The van der Waals surface area contributed by atoms with Crippen LogP contribution in [-0.2, 0) is 0 Å². The Bertz CT molecular complexity index is 511. The van der Waals surface area contributed by atoms with Crippen molar-refractivity contribution in [2.75, 3.05) is 19.6 Å². The lowest BCUT2D eigenvalue weighted by Gasteiger charge is -2.34. The van der Waals surface area contributed by atoms with Crippen LogP contribution in [-0.4, -0.2) is 25.5 Å². The molecule has 2 rings (SSSR count). The first-order chi connectivity index (χ1) is 9.41. The van der Waals surface area contributed by atoms with Gasteiger partial charge in [-0.05, 0) is 49.9 Å². The number of piperidine rings is 1. The zero-order chi connectivity index (χ0) is 14.8. The van der Waals surface area contributed by atoms with Crippen molar-refractivity contribution in [3.05, 3.63) is 34.9 Å². The van der Waals surface area contributed by atoms with Crippen LogP contribution in [0.5, 0.6) is 0 Å². The fourth-order valence-corrected chi connectivity index (χ4v) is 2.43. The SMILES string of the molecule is Cc1cc(C(=O)NCC2(C)CCNCC2)c(F)cc1F. The van der Waals surface area contributed by atoms with Crippen molar-refractivity contribution in [3.8, 4) is 0 Å². The van der Waals surface area contributed by atoms with Gasteiger partial charge in [0.1, 0.15) is 11.6 Å². The van der Waals surface area contributed by atoms with Gasteiger partial charge < -0.3 is 10.6 Å². The van der Waals surface area contributed by atoms with Crippen molar-refractivity contribution in [1.29, 1.82) is 0 Å². The summed E-state index contributed by atoms with van der Waals surface area (Å²) < 4.78 is 26.8. The van der Waals surface area contributed by atoms with Crippen LogP contribution in [0.1, 0.15) is 35.7 Å². The standard InChI is InChI=1S/C15H20F2N2O/c1-10-7-11(13(17)8-12(10)16)14(20)19-9-15(2)3-5-18-6-4-15/h7-8,18H,3-6,9H2,1-2H3,(H,19,20). The van der Waals surface area contributed by atoms with Crippen molar-refractivity contribution in [1.82, 2.24) is 10.6 Å². The van der Waals surface area contributed by atoms with E-state index in [1.807, 2.05) is 0 Å². The minimum Gasteiger partial charge on any atom is -0.351 e. The third-order valence-corrected chi connectivity index (χ3v) is 3.98. The molecule has 3 nitrogen and oxygen atoms in total. The second-order valence-electron chi connectivity index (χ2n) is 5.82. The Kier molecular flexibility index (Phi) is 4.38. The maximum Gasteiger partial charge on any atom is 0.254 e. The Morgan fingerprint density at radius 2 is 1.95 bits per heavy atom. The predicted octanol–water partition coefficient (Wildman–Crippen LogP) is 2.39. The van der Waals surface area contributed by atoms with E-state index in [2.05, 4.69) is 17.6 Å². The lowest BCUT2D eigenvalue weighted by molar-refractivity contribution is 0.0918. The fraction of sp³-hybridized carbons (Fsp3) is 0.533. The molecule has 1 saturated heterocycles. The van der Waals surface area contributed by atoms with Gasteiger partial charge >= 0.3 is 0 Å². The molecule has 1 amide bonds. The van der Waals surface area contributed by atoms with E-state index in [0.29, 0.717) is 6.54 Å².